The lowest BCUT2D eigenvalue weighted by Crippen LogP contribution is -2.27. The van der Waals surface area contributed by atoms with Gasteiger partial charge in [0.1, 0.15) is 5.69 Å². The number of benzene rings is 1. The first-order chi connectivity index (χ1) is 9.06. The first-order valence-electron chi connectivity index (χ1n) is 6.19. The normalized spacial score (nSPS) is 9.90. The SMILES string of the molecule is Cc1cc(C(=O)NCCc2ccc(N)cc2)n(C)n1.Cl. The van der Waals surface area contributed by atoms with E-state index in [2.05, 4.69) is 10.4 Å². The Kier molecular flexibility index (Phi) is 5.58. The second kappa shape index (κ2) is 6.96. The Morgan fingerprint density at radius 2 is 2.00 bits per heavy atom. The summed E-state index contributed by atoms with van der Waals surface area (Å²) in [5.41, 5.74) is 8.93. The summed E-state index contributed by atoms with van der Waals surface area (Å²) in [6, 6.07) is 9.44. The van der Waals surface area contributed by atoms with E-state index in [4.69, 9.17) is 5.73 Å². The van der Waals surface area contributed by atoms with Gasteiger partial charge >= 0.3 is 0 Å². The van der Waals surface area contributed by atoms with Crippen LogP contribution < -0.4 is 11.1 Å². The van der Waals surface area contributed by atoms with Gasteiger partial charge in [-0.2, -0.15) is 5.10 Å². The molecule has 2 aromatic rings. The zero-order valence-electron chi connectivity index (χ0n) is 11.6. The van der Waals surface area contributed by atoms with E-state index in [0.29, 0.717) is 12.2 Å². The Labute approximate surface area is 124 Å². The fourth-order valence-electron chi connectivity index (χ4n) is 1.92. The Bertz CT molecular complexity index is 577. The van der Waals surface area contributed by atoms with Crippen LogP contribution >= 0.6 is 12.4 Å². The zero-order chi connectivity index (χ0) is 13.8. The van der Waals surface area contributed by atoms with Crippen LogP contribution in [0, 0.1) is 6.92 Å². The molecule has 0 fully saturated rings. The summed E-state index contributed by atoms with van der Waals surface area (Å²) in [5, 5.41) is 7.04. The lowest BCUT2D eigenvalue weighted by Gasteiger charge is -2.05. The Balaban J connectivity index is 0.00000200. The maximum absolute atomic E-state index is 11.9. The summed E-state index contributed by atoms with van der Waals surface area (Å²) in [4.78, 5) is 11.9. The van der Waals surface area contributed by atoms with Gasteiger partial charge in [-0.05, 0) is 37.1 Å². The van der Waals surface area contributed by atoms with Gasteiger partial charge < -0.3 is 11.1 Å². The largest absolute Gasteiger partial charge is 0.399 e. The molecule has 2 rings (SSSR count). The molecule has 0 aliphatic rings. The molecule has 20 heavy (non-hydrogen) atoms. The van der Waals surface area contributed by atoms with Gasteiger partial charge in [0.15, 0.2) is 0 Å². The number of nitrogens with two attached hydrogens (primary N) is 1. The molecule has 0 saturated carbocycles. The number of halogens is 1. The monoisotopic (exact) mass is 294 g/mol. The second-order valence-electron chi connectivity index (χ2n) is 4.54. The van der Waals surface area contributed by atoms with Crippen molar-refractivity contribution in [3.8, 4) is 0 Å². The van der Waals surface area contributed by atoms with Crippen molar-refractivity contribution in [1.29, 1.82) is 0 Å². The number of nitrogens with zero attached hydrogens (tertiary/aromatic N) is 2. The molecule has 0 saturated heterocycles. The minimum Gasteiger partial charge on any atom is -0.399 e. The topological polar surface area (TPSA) is 72.9 Å². The van der Waals surface area contributed by atoms with Crippen LogP contribution in [0.1, 0.15) is 21.7 Å². The Morgan fingerprint density at radius 3 is 2.55 bits per heavy atom. The summed E-state index contributed by atoms with van der Waals surface area (Å²) >= 11 is 0. The highest BCUT2D eigenvalue weighted by Crippen LogP contribution is 2.06. The highest BCUT2D eigenvalue weighted by molar-refractivity contribution is 5.92. The first-order valence-corrected chi connectivity index (χ1v) is 6.19. The van der Waals surface area contributed by atoms with Crippen LogP contribution in [0.5, 0.6) is 0 Å². The molecule has 1 heterocycles. The predicted molar refractivity (Wildman–Crippen MR) is 82.1 cm³/mol. The molecule has 6 heteroatoms. The lowest BCUT2D eigenvalue weighted by molar-refractivity contribution is 0.0944. The molecule has 108 valence electrons. The molecule has 0 aliphatic carbocycles. The quantitative estimate of drug-likeness (QED) is 0.843. The standard InChI is InChI=1S/C14H18N4O.ClH/c1-10-9-13(18(2)17-10)14(19)16-8-7-11-3-5-12(15)6-4-11;/h3-6,9H,7-8,15H2,1-2H3,(H,16,19);1H. The molecular weight excluding hydrogens is 276 g/mol. The predicted octanol–water partition coefficient (Wildman–Crippen LogP) is 1.71. The molecule has 1 amide bonds. The van der Waals surface area contributed by atoms with E-state index >= 15 is 0 Å². The van der Waals surface area contributed by atoms with Crippen molar-refractivity contribution < 1.29 is 4.79 Å². The van der Waals surface area contributed by atoms with Crippen LogP contribution in [0.2, 0.25) is 0 Å². The smallest absolute Gasteiger partial charge is 0.269 e. The number of rotatable bonds is 4. The van der Waals surface area contributed by atoms with Crippen molar-refractivity contribution in [1.82, 2.24) is 15.1 Å². The number of carbonyl (C=O) groups is 1. The molecular formula is C14H19ClN4O. The molecule has 1 aromatic carbocycles. The number of nitrogen functional groups attached to an aromatic ring is 1. The van der Waals surface area contributed by atoms with E-state index in [1.54, 1.807) is 17.8 Å². The fraction of sp³-hybridized carbons (Fsp3) is 0.286. The van der Waals surface area contributed by atoms with Crippen molar-refractivity contribution >= 4 is 24.0 Å². The van der Waals surface area contributed by atoms with E-state index in [9.17, 15) is 4.79 Å². The van der Waals surface area contributed by atoms with Crippen LogP contribution in [0.4, 0.5) is 5.69 Å². The average Bonchev–Trinajstić information content (AvgIpc) is 2.71. The summed E-state index contributed by atoms with van der Waals surface area (Å²) in [5.74, 6) is -0.0986. The van der Waals surface area contributed by atoms with Gasteiger partial charge in [0.2, 0.25) is 0 Å². The number of hydrogen-bond donors (Lipinski definition) is 2. The maximum Gasteiger partial charge on any atom is 0.269 e. The highest BCUT2D eigenvalue weighted by atomic mass is 35.5. The molecule has 0 bridgehead atoms. The number of aryl methyl sites for hydroxylation is 2. The van der Waals surface area contributed by atoms with E-state index in [-0.39, 0.29) is 18.3 Å². The Morgan fingerprint density at radius 1 is 1.35 bits per heavy atom. The van der Waals surface area contributed by atoms with Crippen LogP contribution in [-0.2, 0) is 13.5 Å². The van der Waals surface area contributed by atoms with Gasteiger partial charge in [-0.3, -0.25) is 9.48 Å². The third kappa shape index (κ3) is 3.99. The molecule has 0 aliphatic heterocycles. The molecule has 1 aromatic heterocycles. The van der Waals surface area contributed by atoms with E-state index < -0.39 is 0 Å². The summed E-state index contributed by atoms with van der Waals surface area (Å²) in [6.07, 6.45) is 0.781. The summed E-state index contributed by atoms with van der Waals surface area (Å²) in [7, 11) is 1.77. The maximum atomic E-state index is 11.9. The van der Waals surface area contributed by atoms with Crippen molar-refractivity contribution in [2.45, 2.75) is 13.3 Å². The zero-order valence-corrected chi connectivity index (χ0v) is 12.4. The minimum atomic E-state index is -0.0986. The third-order valence-corrected chi connectivity index (χ3v) is 2.91. The van der Waals surface area contributed by atoms with Crippen LogP contribution in [-0.4, -0.2) is 22.2 Å². The van der Waals surface area contributed by atoms with Crippen LogP contribution in [0.25, 0.3) is 0 Å². The summed E-state index contributed by atoms with van der Waals surface area (Å²) < 4.78 is 1.59. The number of amides is 1. The first kappa shape index (κ1) is 16.0. The number of aromatic nitrogens is 2. The van der Waals surface area contributed by atoms with Crippen LogP contribution in [0.3, 0.4) is 0 Å². The number of carbonyl (C=O) groups excluding carboxylic acids is 1. The minimum absolute atomic E-state index is 0. The summed E-state index contributed by atoms with van der Waals surface area (Å²) in [6.45, 7) is 2.46. The molecule has 0 unspecified atom stereocenters. The molecule has 0 radical (unpaired) electrons. The molecule has 0 atom stereocenters. The molecule has 3 N–H and O–H groups in total. The number of anilines is 1. The van der Waals surface area contributed by atoms with Gasteiger partial charge in [-0.25, -0.2) is 0 Å². The van der Waals surface area contributed by atoms with Gasteiger partial charge in [-0.15, -0.1) is 12.4 Å². The number of hydrogen-bond acceptors (Lipinski definition) is 3. The highest BCUT2D eigenvalue weighted by Gasteiger charge is 2.10. The number of nitrogens with one attached hydrogen (secondary N) is 1. The van der Waals surface area contributed by atoms with E-state index in [0.717, 1.165) is 23.4 Å². The van der Waals surface area contributed by atoms with Gasteiger partial charge in [-0.1, -0.05) is 12.1 Å². The van der Waals surface area contributed by atoms with Crippen molar-refractivity contribution in [2.24, 2.45) is 7.05 Å². The fourth-order valence-corrected chi connectivity index (χ4v) is 1.92. The van der Waals surface area contributed by atoms with Crippen LogP contribution in [0.15, 0.2) is 30.3 Å². The van der Waals surface area contributed by atoms with Gasteiger partial charge in [0.05, 0.1) is 5.69 Å². The van der Waals surface area contributed by atoms with E-state index in [1.165, 1.54) is 0 Å². The third-order valence-electron chi connectivity index (χ3n) is 2.91. The van der Waals surface area contributed by atoms with Crippen molar-refractivity contribution in [2.75, 3.05) is 12.3 Å². The van der Waals surface area contributed by atoms with Crippen molar-refractivity contribution in [3.05, 3.63) is 47.3 Å². The molecule has 5 nitrogen and oxygen atoms in total. The van der Waals surface area contributed by atoms with E-state index in [1.807, 2.05) is 31.2 Å². The average molecular weight is 295 g/mol. The van der Waals surface area contributed by atoms with Gasteiger partial charge in [0.25, 0.3) is 5.91 Å². The molecule has 0 spiro atoms. The van der Waals surface area contributed by atoms with Gasteiger partial charge in [0, 0.05) is 19.3 Å². The second-order valence-corrected chi connectivity index (χ2v) is 4.54. The van der Waals surface area contributed by atoms with Crippen molar-refractivity contribution in [3.63, 3.8) is 0 Å². The lowest BCUT2D eigenvalue weighted by atomic mass is 10.1. The Hall–Kier alpha value is -2.01.